The first kappa shape index (κ1) is 15.5. The summed E-state index contributed by atoms with van der Waals surface area (Å²) in [5.74, 6) is 0.537. The second-order valence-electron chi connectivity index (χ2n) is 5.58. The van der Waals surface area contributed by atoms with Crippen LogP contribution in [-0.4, -0.2) is 27.6 Å². The summed E-state index contributed by atoms with van der Waals surface area (Å²) in [4.78, 5) is 16.8. The fraction of sp³-hybridized carbons (Fsp3) is 0.500. The summed E-state index contributed by atoms with van der Waals surface area (Å²) in [6.45, 7) is 2.11. The van der Waals surface area contributed by atoms with E-state index in [1.165, 1.54) is 18.5 Å². The molecule has 8 heteroatoms. The molecule has 0 aromatic carbocycles. The number of carbonyl (C=O) groups is 1. The predicted molar refractivity (Wildman–Crippen MR) is 86.5 cm³/mol. The van der Waals surface area contributed by atoms with E-state index in [0.29, 0.717) is 24.7 Å². The average Bonchev–Trinajstić information content (AvgIpc) is 3.10. The lowest BCUT2D eigenvalue weighted by Crippen LogP contribution is -2.28. The normalized spacial score (nSPS) is 16.7. The zero-order valence-electron chi connectivity index (χ0n) is 12.0. The number of H-pyrrole nitrogens is 1. The molecule has 22 heavy (non-hydrogen) atoms. The second-order valence-corrected chi connectivity index (χ2v) is 6.52. The number of amides is 1. The first-order valence-corrected chi connectivity index (χ1v) is 8.18. The lowest BCUT2D eigenvalue weighted by atomic mass is 10.1. The summed E-state index contributed by atoms with van der Waals surface area (Å²) in [6.07, 6.45) is 3.40. The SMILES string of the molecule is Cl.O=C(NCc1nc(C2CC2)cs1)c1n[nH]c2c1CNCC2. The van der Waals surface area contributed by atoms with Gasteiger partial charge >= 0.3 is 0 Å². The molecule has 0 bridgehead atoms. The van der Waals surface area contributed by atoms with Gasteiger partial charge in [0.25, 0.3) is 5.91 Å². The lowest BCUT2D eigenvalue weighted by Gasteiger charge is -2.12. The molecule has 2 aromatic rings. The van der Waals surface area contributed by atoms with E-state index in [1.807, 2.05) is 0 Å². The van der Waals surface area contributed by atoms with E-state index < -0.39 is 0 Å². The second kappa shape index (κ2) is 6.36. The van der Waals surface area contributed by atoms with Crippen LogP contribution in [-0.2, 0) is 19.5 Å². The number of nitrogens with zero attached hydrogens (tertiary/aromatic N) is 2. The largest absolute Gasteiger partial charge is 0.344 e. The molecule has 3 heterocycles. The predicted octanol–water partition coefficient (Wildman–Crippen LogP) is 1.74. The molecule has 0 radical (unpaired) electrons. The van der Waals surface area contributed by atoms with Crippen molar-refractivity contribution in [3.8, 4) is 0 Å². The van der Waals surface area contributed by atoms with E-state index >= 15 is 0 Å². The number of thiazole rings is 1. The van der Waals surface area contributed by atoms with Crippen molar-refractivity contribution in [1.82, 2.24) is 25.8 Å². The maximum absolute atomic E-state index is 12.3. The molecule has 0 saturated heterocycles. The highest BCUT2D eigenvalue weighted by Gasteiger charge is 2.26. The van der Waals surface area contributed by atoms with E-state index in [0.717, 1.165) is 29.2 Å². The summed E-state index contributed by atoms with van der Waals surface area (Å²) in [7, 11) is 0. The van der Waals surface area contributed by atoms with Gasteiger partial charge in [0, 0.05) is 42.1 Å². The topological polar surface area (TPSA) is 82.7 Å². The van der Waals surface area contributed by atoms with Crippen molar-refractivity contribution in [1.29, 1.82) is 0 Å². The van der Waals surface area contributed by atoms with Crippen molar-refractivity contribution < 1.29 is 4.79 Å². The molecule has 118 valence electrons. The van der Waals surface area contributed by atoms with Crippen molar-refractivity contribution in [2.24, 2.45) is 0 Å². The molecular weight excluding hydrogens is 322 g/mol. The van der Waals surface area contributed by atoms with Gasteiger partial charge < -0.3 is 10.6 Å². The maximum Gasteiger partial charge on any atom is 0.272 e. The fourth-order valence-electron chi connectivity index (χ4n) is 2.63. The molecule has 0 unspecified atom stereocenters. The minimum Gasteiger partial charge on any atom is -0.344 e. The van der Waals surface area contributed by atoms with Crippen molar-refractivity contribution >= 4 is 29.7 Å². The Morgan fingerprint density at radius 2 is 2.32 bits per heavy atom. The van der Waals surface area contributed by atoms with Crippen LogP contribution in [0, 0.1) is 0 Å². The van der Waals surface area contributed by atoms with Crippen LogP contribution < -0.4 is 10.6 Å². The molecule has 6 nitrogen and oxygen atoms in total. The van der Waals surface area contributed by atoms with E-state index in [4.69, 9.17) is 0 Å². The molecule has 2 aromatic heterocycles. The monoisotopic (exact) mass is 339 g/mol. The molecular formula is C14H18ClN5OS. The number of aromatic amines is 1. The van der Waals surface area contributed by atoms with Gasteiger partial charge in [-0.25, -0.2) is 4.98 Å². The Balaban J connectivity index is 0.00000144. The Morgan fingerprint density at radius 3 is 3.14 bits per heavy atom. The van der Waals surface area contributed by atoms with Crippen LogP contribution in [0.5, 0.6) is 0 Å². The summed E-state index contributed by atoms with van der Waals surface area (Å²) in [6, 6.07) is 0. The van der Waals surface area contributed by atoms with Gasteiger partial charge in [-0.1, -0.05) is 0 Å². The van der Waals surface area contributed by atoms with Gasteiger partial charge in [-0.2, -0.15) is 5.10 Å². The number of carbonyl (C=O) groups excluding carboxylic acids is 1. The molecule has 1 amide bonds. The number of nitrogens with one attached hydrogen (secondary N) is 3. The van der Waals surface area contributed by atoms with Gasteiger partial charge in [0.05, 0.1) is 12.2 Å². The smallest absolute Gasteiger partial charge is 0.272 e. The molecule has 1 aliphatic carbocycles. The van der Waals surface area contributed by atoms with Crippen LogP contribution >= 0.6 is 23.7 Å². The molecule has 1 saturated carbocycles. The Labute approximate surface area is 138 Å². The molecule has 0 atom stereocenters. The average molecular weight is 340 g/mol. The van der Waals surface area contributed by atoms with Crippen LogP contribution in [0.15, 0.2) is 5.38 Å². The van der Waals surface area contributed by atoms with E-state index in [-0.39, 0.29) is 18.3 Å². The molecule has 1 aliphatic heterocycles. The highest BCUT2D eigenvalue weighted by atomic mass is 35.5. The molecule has 1 fully saturated rings. The van der Waals surface area contributed by atoms with Gasteiger partial charge in [0.2, 0.25) is 0 Å². The first-order chi connectivity index (χ1) is 10.3. The number of hydrogen-bond acceptors (Lipinski definition) is 5. The highest BCUT2D eigenvalue weighted by molar-refractivity contribution is 7.09. The zero-order valence-corrected chi connectivity index (χ0v) is 13.6. The molecule has 4 rings (SSSR count). The Morgan fingerprint density at radius 1 is 1.45 bits per heavy atom. The highest BCUT2D eigenvalue weighted by Crippen LogP contribution is 2.40. The van der Waals surface area contributed by atoms with E-state index in [2.05, 4.69) is 31.2 Å². The minimum atomic E-state index is -0.126. The summed E-state index contributed by atoms with van der Waals surface area (Å²) in [5, 5.41) is 16.4. The molecule has 2 aliphatic rings. The number of rotatable bonds is 4. The first-order valence-electron chi connectivity index (χ1n) is 7.30. The van der Waals surface area contributed by atoms with Crippen LogP contribution in [0.25, 0.3) is 0 Å². The maximum atomic E-state index is 12.3. The van der Waals surface area contributed by atoms with Crippen molar-refractivity contribution in [3.63, 3.8) is 0 Å². The molecule has 0 spiro atoms. The Hall–Kier alpha value is -1.44. The number of aromatic nitrogens is 3. The Kier molecular flexibility index (Phi) is 4.46. The minimum absolute atomic E-state index is 0. The van der Waals surface area contributed by atoms with Gasteiger partial charge in [0.15, 0.2) is 5.69 Å². The summed E-state index contributed by atoms with van der Waals surface area (Å²) in [5.41, 5.74) is 3.77. The van der Waals surface area contributed by atoms with Crippen LogP contribution in [0.1, 0.15) is 51.2 Å². The summed E-state index contributed by atoms with van der Waals surface area (Å²) < 4.78 is 0. The van der Waals surface area contributed by atoms with Crippen molar-refractivity contribution in [2.45, 2.75) is 38.3 Å². The van der Waals surface area contributed by atoms with Gasteiger partial charge in [-0.05, 0) is 12.8 Å². The van der Waals surface area contributed by atoms with Crippen LogP contribution in [0.3, 0.4) is 0 Å². The van der Waals surface area contributed by atoms with Crippen LogP contribution in [0.2, 0.25) is 0 Å². The van der Waals surface area contributed by atoms with Crippen molar-refractivity contribution in [2.75, 3.05) is 6.54 Å². The fourth-order valence-corrected chi connectivity index (χ4v) is 3.44. The van der Waals surface area contributed by atoms with Crippen molar-refractivity contribution in [3.05, 3.63) is 33.0 Å². The lowest BCUT2D eigenvalue weighted by molar-refractivity contribution is 0.0944. The number of fused-ring (bicyclic) bond motifs is 1. The van der Waals surface area contributed by atoms with Gasteiger partial charge in [-0.3, -0.25) is 9.89 Å². The third kappa shape index (κ3) is 3.02. The summed E-state index contributed by atoms with van der Waals surface area (Å²) >= 11 is 1.62. The molecule has 3 N–H and O–H groups in total. The van der Waals surface area contributed by atoms with E-state index in [9.17, 15) is 4.79 Å². The number of hydrogen-bond donors (Lipinski definition) is 3. The van der Waals surface area contributed by atoms with E-state index in [1.54, 1.807) is 11.3 Å². The number of halogens is 1. The third-order valence-corrected chi connectivity index (χ3v) is 4.85. The van der Waals surface area contributed by atoms with Gasteiger partial charge in [0.1, 0.15) is 5.01 Å². The van der Waals surface area contributed by atoms with Crippen LogP contribution in [0.4, 0.5) is 0 Å². The third-order valence-electron chi connectivity index (χ3n) is 3.99. The Bertz CT molecular complexity index is 679. The van der Waals surface area contributed by atoms with Gasteiger partial charge in [-0.15, -0.1) is 23.7 Å². The zero-order chi connectivity index (χ0) is 14.2. The standard InChI is InChI=1S/C14H17N5OS.ClH/c20-14(13-9-5-15-4-3-10(9)18-19-13)16-6-12-17-11(7-21-12)8-1-2-8;/h7-8,15H,1-6H2,(H,16,20)(H,18,19);1H. The quantitative estimate of drug-likeness (QED) is 0.792.